The molecule has 0 bridgehead atoms. The first-order chi connectivity index (χ1) is 13.3. The molecule has 28 heavy (non-hydrogen) atoms. The highest BCUT2D eigenvalue weighted by Gasteiger charge is 2.20. The number of ether oxygens (including phenoxy) is 1. The van der Waals surface area contributed by atoms with Crippen molar-refractivity contribution in [2.75, 3.05) is 18.5 Å². The van der Waals surface area contributed by atoms with Gasteiger partial charge >= 0.3 is 5.97 Å². The molecule has 0 saturated heterocycles. The van der Waals surface area contributed by atoms with E-state index in [4.69, 9.17) is 4.74 Å². The number of hydrogen-bond acceptors (Lipinski definition) is 5. The highest BCUT2D eigenvalue weighted by molar-refractivity contribution is 7.20. The lowest BCUT2D eigenvalue weighted by atomic mass is 10.1. The van der Waals surface area contributed by atoms with Gasteiger partial charge in [-0.15, -0.1) is 11.3 Å². The quantitative estimate of drug-likeness (QED) is 0.560. The molecule has 1 aromatic carbocycles. The van der Waals surface area contributed by atoms with E-state index >= 15 is 0 Å². The van der Waals surface area contributed by atoms with Gasteiger partial charge in [0, 0.05) is 30.2 Å². The lowest BCUT2D eigenvalue weighted by molar-refractivity contribution is -0.117. The summed E-state index contributed by atoms with van der Waals surface area (Å²) in [5.41, 5.74) is 1.95. The van der Waals surface area contributed by atoms with Crippen molar-refractivity contribution in [1.82, 2.24) is 0 Å². The van der Waals surface area contributed by atoms with Gasteiger partial charge in [-0.1, -0.05) is 44.2 Å². The van der Waals surface area contributed by atoms with Crippen molar-refractivity contribution >= 4 is 28.1 Å². The van der Waals surface area contributed by atoms with Crippen LogP contribution in [0.15, 0.2) is 42.6 Å². The van der Waals surface area contributed by atoms with Crippen LogP contribution in [0.1, 0.15) is 43.6 Å². The van der Waals surface area contributed by atoms with Crippen molar-refractivity contribution in [3.05, 3.63) is 53.7 Å². The first-order valence-electron chi connectivity index (χ1n) is 9.30. The number of benzene rings is 1. The number of thiophene rings is 1. The molecule has 0 aliphatic rings. The molecular formula is C22H29NO4S. The maximum absolute atomic E-state index is 11.6. The number of carbonyl (C=O) groups excluding carboxylic acids is 1. The fourth-order valence-corrected chi connectivity index (χ4v) is 3.52. The van der Waals surface area contributed by atoms with E-state index in [1.165, 1.54) is 23.6 Å². The zero-order chi connectivity index (χ0) is 21.1. The molecule has 0 saturated carbocycles. The summed E-state index contributed by atoms with van der Waals surface area (Å²) in [7, 11) is 0. The number of rotatable bonds is 8. The fourth-order valence-electron chi connectivity index (χ4n) is 2.33. The molecule has 1 heterocycles. The lowest BCUT2D eigenvalue weighted by Crippen LogP contribution is -2.04. The van der Waals surface area contributed by atoms with Crippen molar-refractivity contribution in [2.45, 2.75) is 34.6 Å². The molecule has 0 aliphatic carbocycles. The summed E-state index contributed by atoms with van der Waals surface area (Å²) in [4.78, 5) is 24.1. The van der Waals surface area contributed by atoms with E-state index in [1.807, 2.05) is 58.0 Å². The average molecular weight is 404 g/mol. The molecule has 0 amide bonds. The smallest absolute Gasteiger partial charge is 0.339 e. The first kappa shape index (κ1) is 23.6. The summed E-state index contributed by atoms with van der Waals surface area (Å²) in [5, 5.41) is 13.0. The number of aromatic carboxylic acids is 1. The third-order valence-electron chi connectivity index (χ3n) is 3.84. The summed E-state index contributed by atoms with van der Waals surface area (Å²) < 4.78 is 4.83. The number of carboxylic acid groups (broad SMARTS) is 1. The Morgan fingerprint density at radius 2 is 1.79 bits per heavy atom. The third-order valence-corrected chi connectivity index (χ3v) is 5.11. The molecule has 0 atom stereocenters. The monoisotopic (exact) mass is 403 g/mol. The lowest BCUT2D eigenvalue weighted by Gasteiger charge is -2.01. The second kappa shape index (κ2) is 12.1. The Labute approximate surface area is 171 Å². The molecule has 0 fully saturated rings. The Hall–Kier alpha value is -2.44. The topological polar surface area (TPSA) is 75.6 Å². The predicted molar refractivity (Wildman–Crippen MR) is 116 cm³/mol. The van der Waals surface area contributed by atoms with Gasteiger partial charge in [-0.25, -0.2) is 4.79 Å². The number of ketones is 1. The predicted octanol–water partition coefficient (Wildman–Crippen LogP) is 5.62. The standard InChI is InChI=1S/C18H19NO3S.C4H10O/c1-11(2)14(20)9-10-19-17-15(18(21)22)12(3)16(23-17)13-7-5-4-6-8-13;1-3-5-4-2/h4-11,19H,1-3H3,(H,21,22);3-4H2,1-2H3. The van der Waals surface area contributed by atoms with Gasteiger partial charge in [0.25, 0.3) is 0 Å². The van der Waals surface area contributed by atoms with Crippen molar-refractivity contribution in [3.8, 4) is 10.4 Å². The highest BCUT2D eigenvalue weighted by atomic mass is 32.1. The number of carbonyl (C=O) groups is 2. The van der Waals surface area contributed by atoms with Crippen LogP contribution >= 0.6 is 11.3 Å². The Morgan fingerprint density at radius 3 is 2.25 bits per heavy atom. The molecule has 0 spiro atoms. The van der Waals surface area contributed by atoms with Crippen LogP contribution in [-0.4, -0.2) is 30.1 Å². The Bertz CT molecular complexity index is 792. The Kier molecular flexibility index (Phi) is 10.2. The van der Waals surface area contributed by atoms with Gasteiger partial charge in [-0.2, -0.15) is 0 Å². The van der Waals surface area contributed by atoms with Gasteiger partial charge in [0.1, 0.15) is 5.00 Å². The minimum absolute atomic E-state index is 0.00839. The van der Waals surface area contributed by atoms with Crippen LogP contribution in [0.2, 0.25) is 0 Å². The van der Waals surface area contributed by atoms with Gasteiger partial charge < -0.3 is 15.2 Å². The van der Waals surface area contributed by atoms with Gasteiger partial charge in [0.05, 0.1) is 5.56 Å². The minimum Gasteiger partial charge on any atom is -0.478 e. The van der Waals surface area contributed by atoms with E-state index < -0.39 is 5.97 Å². The zero-order valence-electron chi connectivity index (χ0n) is 17.1. The Morgan fingerprint density at radius 1 is 1.18 bits per heavy atom. The number of carboxylic acids is 1. The van der Waals surface area contributed by atoms with Crippen LogP contribution in [0.4, 0.5) is 5.00 Å². The number of anilines is 1. The summed E-state index contributed by atoms with van der Waals surface area (Å²) in [6, 6.07) is 9.66. The SMILES string of the molecule is CCOCC.Cc1c(-c2ccccc2)sc(NC=CC(=O)C(C)C)c1C(=O)O. The van der Waals surface area contributed by atoms with Crippen molar-refractivity contribution in [2.24, 2.45) is 5.92 Å². The molecule has 1 aromatic heterocycles. The second-order valence-electron chi connectivity index (χ2n) is 6.25. The molecule has 2 N–H and O–H groups in total. The van der Waals surface area contributed by atoms with Crippen LogP contribution in [-0.2, 0) is 9.53 Å². The van der Waals surface area contributed by atoms with Crippen LogP contribution < -0.4 is 5.32 Å². The molecule has 6 heteroatoms. The number of nitrogens with one attached hydrogen (secondary N) is 1. The van der Waals surface area contributed by atoms with Gasteiger partial charge in [-0.05, 0) is 38.0 Å². The van der Waals surface area contributed by atoms with E-state index in [1.54, 1.807) is 6.92 Å². The second-order valence-corrected chi connectivity index (χ2v) is 7.27. The first-order valence-corrected chi connectivity index (χ1v) is 10.1. The van der Waals surface area contributed by atoms with Gasteiger partial charge in [0.15, 0.2) is 5.78 Å². The summed E-state index contributed by atoms with van der Waals surface area (Å²) in [6.45, 7) is 11.1. The van der Waals surface area contributed by atoms with Crippen molar-refractivity contribution < 1.29 is 19.4 Å². The van der Waals surface area contributed by atoms with E-state index in [2.05, 4.69) is 5.32 Å². The number of hydrogen-bond donors (Lipinski definition) is 2. The summed E-state index contributed by atoms with van der Waals surface area (Å²) in [6.07, 6.45) is 2.95. The molecule has 2 aromatic rings. The molecule has 0 radical (unpaired) electrons. The zero-order valence-corrected chi connectivity index (χ0v) is 17.9. The largest absolute Gasteiger partial charge is 0.478 e. The summed E-state index contributed by atoms with van der Waals surface area (Å²) in [5.74, 6) is -1.07. The van der Waals surface area contributed by atoms with E-state index in [-0.39, 0.29) is 17.3 Å². The molecule has 5 nitrogen and oxygen atoms in total. The normalized spacial score (nSPS) is 10.6. The maximum Gasteiger partial charge on any atom is 0.339 e. The van der Waals surface area contributed by atoms with E-state index in [0.717, 1.165) is 29.2 Å². The van der Waals surface area contributed by atoms with E-state index in [9.17, 15) is 14.7 Å². The number of allylic oxidation sites excluding steroid dienone is 1. The van der Waals surface area contributed by atoms with Gasteiger partial charge in [-0.3, -0.25) is 4.79 Å². The summed E-state index contributed by atoms with van der Waals surface area (Å²) >= 11 is 1.37. The maximum atomic E-state index is 11.6. The van der Waals surface area contributed by atoms with Gasteiger partial charge in [0.2, 0.25) is 0 Å². The third kappa shape index (κ3) is 6.94. The fraction of sp³-hybridized carbons (Fsp3) is 0.364. The van der Waals surface area contributed by atoms with E-state index in [0.29, 0.717) is 5.00 Å². The average Bonchev–Trinajstić information content (AvgIpc) is 3.00. The molecular weight excluding hydrogens is 374 g/mol. The molecule has 2 rings (SSSR count). The minimum atomic E-state index is -0.980. The molecule has 0 aliphatic heterocycles. The van der Waals surface area contributed by atoms with Crippen LogP contribution in [0.3, 0.4) is 0 Å². The Balaban J connectivity index is 0.000000696. The van der Waals surface area contributed by atoms with Crippen LogP contribution in [0, 0.1) is 12.8 Å². The highest BCUT2D eigenvalue weighted by Crippen LogP contribution is 2.39. The molecule has 0 unspecified atom stereocenters. The van der Waals surface area contributed by atoms with Crippen LogP contribution in [0.5, 0.6) is 0 Å². The van der Waals surface area contributed by atoms with Crippen LogP contribution in [0.25, 0.3) is 10.4 Å². The van der Waals surface area contributed by atoms with Crippen molar-refractivity contribution in [1.29, 1.82) is 0 Å². The van der Waals surface area contributed by atoms with Crippen molar-refractivity contribution in [3.63, 3.8) is 0 Å². The molecule has 152 valence electrons.